The van der Waals surface area contributed by atoms with E-state index in [-0.39, 0.29) is 0 Å². The molecule has 2 heterocycles. The molecule has 1 unspecified atom stereocenters. The minimum atomic E-state index is -0.517. The van der Waals surface area contributed by atoms with Gasteiger partial charge in [-0.2, -0.15) is 0 Å². The zero-order chi connectivity index (χ0) is 23.2. The van der Waals surface area contributed by atoms with E-state index in [1.807, 2.05) is 24.3 Å². The molecule has 4 rings (SSSR count). The van der Waals surface area contributed by atoms with Crippen LogP contribution in [-0.4, -0.2) is 52.6 Å². The lowest BCUT2D eigenvalue weighted by atomic mass is 9.91. The molecule has 1 fully saturated rings. The minimum Gasteiger partial charge on any atom is -0.387 e. The van der Waals surface area contributed by atoms with Gasteiger partial charge in [0.1, 0.15) is 5.82 Å². The molecule has 33 heavy (non-hydrogen) atoms. The van der Waals surface area contributed by atoms with Crippen molar-refractivity contribution in [1.29, 1.82) is 0 Å². The van der Waals surface area contributed by atoms with Gasteiger partial charge >= 0.3 is 0 Å². The van der Waals surface area contributed by atoms with Crippen molar-refractivity contribution in [3.8, 4) is 11.3 Å². The third-order valence-corrected chi connectivity index (χ3v) is 6.24. The minimum absolute atomic E-state index is 0.315. The third kappa shape index (κ3) is 6.01. The molecule has 2 aromatic carbocycles. The number of nitrogen functional groups attached to an aromatic ring is 1. The Bertz CT molecular complexity index is 1070. The van der Waals surface area contributed by atoms with E-state index in [2.05, 4.69) is 77.3 Å². The Balaban J connectivity index is 1.38. The van der Waals surface area contributed by atoms with E-state index in [9.17, 15) is 5.11 Å². The number of pyridine rings is 1. The molecule has 1 saturated heterocycles. The van der Waals surface area contributed by atoms with Crippen LogP contribution < -0.4 is 5.73 Å². The molecule has 0 radical (unpaired) electrons. The molecular formula is C28H34N4O. The van der Waals surface area contributed by atoms with E-state index in [0.29, 0.717) is 18.3 Å². The van der Waals surface area contributed by atoms with Crippen LogP contribution in [0.25, 0.3) is 17.3 Å². The normalized spacial score (nSPS) is 15.9. The van der Waals surface area contributed by atoms with Crippen molar-refractivity contribution >= 4 is 11.9 Å². The second-order valence-electron chi connectivity index (χ2n) is 9.03. The van der Waals surface area contributed by atoms with E-state index in [0.717, 1.165) is 43.0 Å². The van der Waals surface area contributed by atoms with Gasteiger partial charge in [0.05, 0.1) is 11.8 Å². The quantitative estimate of drug-likeness (QED) is 0.551. The second-order valence-corrected chi connectivity index (χ2v) is 9.03. The maximum atomic E-state index is 11.0. The van der Waals surface area contributed by atoms with E-state index in [1.165, 1.54) is 11.1 Å². The van der Waals surface area contributed by atoms with Gasteiger partial charge in [0.25, 0.3) is 0 Å². The highest BCUT2D eigenvalue weighted by Gasteiger charge is 2.20. The summed E-state index contributed by atoms with van der Waals surface area (Å²) in [5, 5.41) is 11.0. The maximum Gasteiger partial charge on any atom is 0.124 e. The lowest BCUT2D eigenvalue weighted by molar-refractivity contribution is 0.0857. The van der Waals surface area contributed by atoms with Crippen LogP contribution in [0.1, 0.15) is 42.6 Å². The largest absolute Gasteiger partial charge is 0.387 e. The van der Waals surface area contributed by atoms with Crippen molar-refractivity contribution in [3.63, 3.8) is 0 Å². The molecule has 172 valence electrons. The Kier molecular flexibility index (Phi) is 7.43. The SMILES string of the molecule is CC(C)c1cc(C(O)CN2CCN(C=Cc3ccccc3)CC2)ccc1-c1cccc(N)n1. The van der Waals surface area contributed by atoms with Crippen LogP contribution in [0.3, 0.4) is 0 Å². The van der Waals surface area contributed by atoms with E-state index in [1.54, 1.807) is 6.07 Å². The molecule has 1 atom stereocenters. The summed E-state index contributed by atoms with van der Waals surface area (Å²) in [5.41, 5.74) is 11.2. The highest BCUT2D eigenvalue weighted by molar-refractivity contribution is 5.66. The Morgan fingerprint density at radius 2 is 1.73 bits per heavy atom. The van der Waals surface area contributed by atoms with Gasteiger partial charge < -0.3 is 15.7 Å². The van der Waals surface area contributed by atoms with Gasteiger partial charge in [0.2, 0.25) is 0 Å². The first-order valence-corrected chi connectivity index (χ1v) is 11.7. The van der Waals surface area contributed by atoms with Gasteiger partial charge in [-0.3, -0.25) is 4.90 Å². The first-order valence-electron chi connectivity index (χ1n) is 11.7. The molecule has 0 aliphatic carbocycles. The third-order valence-electron chi connectivity index (χ3n) is 6.24. The number of nitrogens with two attached hydrogens (primary N) is 1. The molecule has 5 heteroatoms. The summed E-state index contributed by atoms with van der Waals surface area (Å²) in [7, 11) is 0. The lowest BCUT2D eigenvalue weighted by Gasteiger charge is -2.35. The Labute approximate surface area is 197 Å². The van der Waals surface area contributed by atoms with Gasteiger partial charge in [0, 0.05) is 38.3 Å². The summed E-state index contributed by atoms with van der Waals surface area (Å²) >= 11 is 0. The van der Waals surface area contributed by atoms with Crippen LogP contribution in [0.2, 0.25) is 0 Å². The monoisotopic (exact) mass is 442 g/mol. The molecule has 0 bridgehead atoms. The Morgan fingerprint density at radius 1 is 0.970 bits per heavy atom. The maximum absolute atomic E-state index is 11.0. The standard InChI is InChI=1S/C28H34N4O/c1-21(2)25-19-23(11-12-24(25)26-9-6-10-28(29)30-26)27(33)20-32-17-15-31(16-18-32)14-13-22-7-4-3-5-8-22/h3-14,19,21,27,33H,15-18,20H2,1-2H3,(H2,29,30). The number of rotatable bonds is 7. The van der Waals surface area contributed by atoms with Gasteiger partial charge in [-0.1, -0.05) is 68.4 Å². The van der Waals surface area contributed by atoms with Crippen LogP contribution in [0, 0.1) is 0 Å². The Hall–Kier alpha value is -3.15. The fraction of sp³-hybridized carbons (Fsp3) is 0.321. The number of nitrogens with zero attached hydrogens (tertiary/aromatic N) is 3. The number of aliphatic hydroxyl groups excluding tert-OH is 1. The first-order chi connectivity index (χ1) is 16.0. The average Bonchev–Trinajstić information content (AvgIpc) is 2.84. The molecule has 3 N–H and O–H groups in total. The first kappa shape index (κ1) is 23.0. The van der Waals surface area contributed by atoms with E-state index in [4.69, 9.17) is 5.73 Å². The van der Waals surface area contributed by atoms with Crippen LogP contribution in [0.5, 0.6) is 0 Å². The molecule has 5 nitrogen and oxygen atoms in total. The van der Waals surface area contributed by atoms with Crippen molar-refractivity contribution < 1.29 is 5.11 Å². The van der Waals surface area contributed by atoms with Crippen LogP contribution >= 0.6 is 0 Å². The topological polar surface area (TPSA) is 65.6 Å². The summed E-state index contributed by atoms with van der Waals surface area (Å²) in [6.45, 7) is 8.80. The number of β-amino-alcohol motifs (C(OH)–C–C–N with tert-alkyl or cyclic N) is 1. The van der Waals surface area contributed by atoms with Crippen molar-refractivity contribution in [1.82, 2.24) is 14.8 Å². The van der Waals surface area contributed by atoms with Crippen molar-refractivity contribution in [2.75, 3.05) is 38.5 Å². The Morgan fingerprint density at radius 3 is 2.42 bits per heavy atom. The number of anilines is 1. The number of aliphatic hydroxyl groups is 1. The summed E-state index contributed by atoms with van der Waals surface area (Å²) in [4.78, 5) is 9.19. The fourth-order valence-corrected chi connectivity index (χ4v) is 4.30. The van der Waals surface area contributed by atoms with Gasteiger partial charge in [-0.05, 0) is 47.0 Å². The number of hydrogen-bond acceptors (Lipinski definition) is 5. The smallest absolute Gasteiger partial charge is 0.124 e. The molecule has 1 aliphatic heterocycles. The molecule has 0 amide bonds. The molecule has 3 aromatic rings. The predicted molar refractivity (Wildman–Crippen MR) is 137 cm³/mol. The summed E-state index contributed by atoms with van der Waals surface area (Å²) in [5.74, 6) is 0.833. The van der Waals surface area contributed by atoms with Crippen LogP contribution in [-0.2, 0) is 0 Å². The van der Waals surface area contributed by atoms with E-state index >= 15 is 0 Å². The zero-order valence-electron chi connectivity index (χ0n) is 19.6. The summed E-state index contributed by atoms with van der Waals surface area (Å²) in [6, 6.07) is 22.3. The van der Waals surface area contributed by atoms with Crippen LogP contribution in [0.15, 0.2) is 72.9 Å². The van der Waals surface area contributed by atoms with E-state index < -0.39 is 6.10 Å². The highest BCUT2D eigenvalue weighted by Crippen LogP contribution is 2.31. The molecular weight excluding hydrogens is 408 g/mol. The molecule has 0 saturated carbocycles. The van der Waals surface area contributed by atoms with Crippen molar-refractivity contribution in [3.05, 3.63) is 89.6 Å². The molecule has 1 aromatic heterocycles. The summed E-state index contributed by atoms with van der Waals surface area (Å²) < 4.78 is 0. The lowest BCUT2D eigenvalue weighted by Crippen LogP contribution is -2.45. The number of aromatic nitrogens is 1. The zero-order valence-corrected chi connectivity index (χ0v) is 19.6. The number of hydrogen-bond donors (Lipinski definition) is 2. The molecule has 1 aliphatic rings. The van der Waals surface area contributed by atoms with Gasteiger partial charge in [-0.15, -0.1) is 0 Å². The summed E-state index contributed by atoms with van der Waals surface area (Å²) in [6.07, 6.45) is 3.83. The fourth-order valence-electron chi connectivity index (χ4n) is 4.30. The highest BCUT2D eigenvalue weighted by atomic mass is 16.3. The van der Waals surface area contributed by atoms with Crippen molar-refractivity contribution in [2.24, 2.45) is 0 Å². The predicted octanol–water partition coefficient (Wildman–Crippen LogP) is 4.78. The van der Waals surface area contributed by atoms with Crippen LogP contribution in [0.4, 0.5) is 5.82 Å². The van der Waals surface area contributed by atoms with Gasteiger partial charge in [-0.25, -0.2) is 4.98 Å². The number of benzene rings is 2. The second kappa shape index (κ2) is 10.6. The van der Waals surface area contributed by atoms with Gasteiger partial charge in [0.15, 0.2) is 0 Å². The van der Waals surface area contributed by atoms with Crippen molar-refractivity contribution in [2.45, 2.75) is 25.9 Å². The molecule has 0 spiro atoms. The number of piperazine rings is 1. The average molecular weight is 443 g/mol.